The summed E-state index contributed by atoms with van der Waals surface area (Å²) >= 11 is 11.9. The van der Waals surface area contributed by atoms with Crippen LogP contribution >= 0.6 is 23.2 Å². The van der Waals surface area contributed by atoms with E-state index in [1.807, 2.05) is 6.92 Å². The number of esters is 1. The predicted octanol–water partition coefficient (Wildman–Crippen LogP) is 5.03. The third kappa shape index (κ3) is 3.94. The van der Waals surface area contributed by atoms with Crippen molar-refractivity contribution < 1.29 is 18.7 Å². The van der Waals surface area contributed by atoms with Crippen LogP contribution in [0.1, 0.15) is 28.6 Å². The minimum atomic E-state index is -0.621. The first-order chi connectivity index (χ1) is 12.9. The average molecular weight is 407 g/mol. The van der Waals surface area contributed by atoms with Crippen molar-refractivity contribution in [1.29, 1.82) is 0 Å². The molecular formula is C20H16Cl2O5. The van der Waals surface area contributed by atoms with Crippen LogP contribution in [0.15, 0.2) is 45.6 Å². The van der Waals surface area contributed by atoms with Crippen molar-refractivity contribution in [1.82, 2.24) is 0 Å². The number of carbonyl (C=O) groups excluding carboxylic acids is 1. The SMILES string of the molecule is CCc1cc(=O)c2ccc(OC)c(COC(=O)c3ccc(Cl)cc3Cl)c2o1. The van der Waals surface area contributed by atoms with Gasteiger partial charge in [0.1, 0.15) is 23.7 Å². The minimum absolute atomic E-state index is 0.144. The molecule has 0 fully saturated rings. The molecule has 0 aliphatic rings. The van der Waals surface area contributed by atoms with Gasteiger partial charge in [0, 0.05) is 17.5 Å². The first kappa shape index (κ1) is 19.3. The second-order valence-electron chi connectivity index (χ2n) is 5.75. The van der Waals surface area contributed by atoms with Gasteiger partial charge >= 0.3 is 5.97 Å². The van der Waals surface area contributed by atoms with Crippen LogP contribution in [0.5, 0.6) is 5.75 Å². The van der Waals surface area contributed by atoms with E-state index in [0.717, 1.165) is 0 Å². The summed E-state index contributed by atoms with van der Waals surface area (Å²) < 4.78 is 16.6. The molecule has 5 nitrogen and oxygen atoms in total. The smallest absolute Gasteiger partial charge is 0.339 e. The minimum Gasteiger partial charge on any atom is -0.496 e. The fourth-order valence-corrected chi connectivity index (χ4v) is 3.16. The molecule has 7 heteroatoms. The highest BCUT2D eigenvalue weighted by Crippen LogP contribution is 2.29. The maximum absolute atomic E-state index is 12.4. The molecule has 0 saturated carbocycles. The molecule has 0 aliphatic heterocycles. The predicted molar refractivity (Wildman–Crippen MR) is 104 cm³/mol. The van der Waals surface area contributed by atoms with E-state index in [1.165, 1.54) is 25.3 Å². The number of fused-ring (bicyclic) bond motifs is 1. The third-order valence-corrected chi connectivity index (χ3v) is 4.62. The van der Waals surface area contributed by atoms with E-state index in [4.69, 9.17) is 37.1 Å². The Hall–Kier alpha value is -2.50. The molecule has 3 aromatic rings. The second-order valence-corrected chi connectivity index (χ2v) is 6.60. The Kier molecular flexibility index (Phi) is 5.73. The van der Waals surface area contributed by atoms with Gasteiger partial charge in [-0.1, -0.05) is 30.1 Å². The molecule has 0 N–H and O–H groups in total. The largest absolute Gasteiger partial charge is 0.496 e. The molecule has 0 bridgehead atoms. The Morgan fingerprint density at radius 2 is 1.93 bits per heavy atom. The van der Waals surface area contributed by atoms with Crippen LogP contribution in [-0.4, -0.2) is 13.1 Å². The normalized spacial score (nSPS) is 10.8. The number of halogens is 2. The maximum atomic E-state index is 12.4. The maximum Gasteiger partial charge on any atom is 0.339 e. The van der Waals surface area contributed by atoms with Gasteiger partial charge in [0.25, 0.3) is 0 Å². The Morgan fingerprint density at radius 1 is 1.15 bits per heavy atom. The summed E-state index contributed by atoms with van der Waals surface area (Å²) in [4.78, 5) is 24.7. The summed E-state index contributed by atoms with van der Waals surface area (Å²) in [5, 5.41) is 1.00. The quantitative estimate of drug-likeness (QED) is 0.556. The summed E-state index contributed by atoms with van der Waals surface area (Å²) in [5.74, 6) is 0.368. The van der Waals surface area contributed by atoms with Crippen molar-refractivity contribution in [3.63, 3.8) is 0 Å². The fraction of sp³-hybridized carbons (Fsp3) is 0.200. The molecule has 0 spiro atoms. The molecule has 0 unspecified atom stereocenters. The topological polar surface area (TPSA) is 65.7 Å². The lowest BCUT2D eigenvalue weighted by atomic mass is 10.1. The van der Waals surface area contributed by atoms with Gasteiger partial charge in [0.05, 0.1) is 28.6 Å². The van der Waals surface area contributed by atoms with Gasteiger partial charge in [-0.3, -0.25) is 4.79 Å². The molecular weight excluding hydrogens is 391 g/mol. The highest BCUT2D eigenvalue weighted by molar-refractivity contribution is 6.36. The van der Waals surface area contributed by atoms with E-state index < -0.39 is 5.97 Å². The van der Waals surface area contributed by atoms with Crippen LogP contribution in [0.3, 0.4) is 0 Å². The average Bonchev–Trinajstić information content (AvgIpc) is 2.65. The van der Waals surface area contributed by atoms with Crippen molar-refractivity contribution in [2.75, 3.05) is 7.11 Å². The lowest BCUT2D eigenvalue weighted by molar-refractivity contribution is 0.0471. The zero-order chi connectivity index (χ0) is 19.6. The standard InChI is InChI=1S/C20H16Cl2O5/c1-3-12-9-17(23)14-6-7-18(25-2)15(19(14)27-12)10-26-20(24)13-5-4-11(21)8-16(13)22/h4-9H,3,10H2,1-2H3. The number of benzene rings is 2. The lowest BCUT2D eigenvalue weighted by Crippen LogP contribution is -2.09. The first-order valence-electron chi connectivity index (χ1n) is 8.19. The zero-order valence-corrected chi connectivity index (χ0v) is 16.2. The molecule has 140 valence electrons. The number of hydrogen-bond donors (Lipinski definition) is 0. The van der Waals surface area contributed by atoms with Crippen LogP contribution < -0.4 is 10.2 Å². The van der Waals surface area contributed by atoms with Gasteiger partial charge in [-0.25, -0.2) is 4.79 Å². The molecule has 0 aliphatic carbocycles. The summed E-state index contributed by atoms with van der Waals surface area (Å²) in [5.41, 5.74) is 0.842. The fourth-order valence-electron chi connectivity index (χ4n) is 2.68. The lowest BCUT2D eigenvalue weighted by Gasteiger charge is -2.12. The Labute approximate surface area is 165 Å². The Balaban J connectivity index is 1.99. The van der Waals surface area contributed by atoms with Crippen LogP contribution in [0, 0.1) is 0 Å². The van der Waals surface area contributed by atoms with E-state index >= 15 is 0 Å². The van der Waals surface area contributed by atoms with Crippen molar-refractivity contribution in [3.8, 4) is 5.75 Å². The van der Waals surface area contributed by atoms with Crippen LogP contribution in [0.4, 0.5) is 0 Å². The van der Waals surface area contributed by atoms with Crippen molar-refractivity contribution in [2.24, 2.45) is 0 Å². The molecule has 0 radical (unpaired) electrons. The van der Waals surface area contributed by atoms with E-state index in [0.29, 0.717) is 39.5 Å². The number of methoxy groups -OCH3 is 1. The number of ether oxygens (including phenoxy) is 2. The van der Waals surface area contributed by atoms with E-state index in [1.54, 1.807) is 18.2 Å². The molecule has 1 aromatic heterocycles. The van der Waals surface area contributed by atoms with Crippen molar-refractivity contribution >= 4 is 40.1 Å². The number of hydrogen-bond acceptors (Lipinski definition) is 5. The summed E-state index contributed by atoms with van der Waals surface area (Å²) in [6, 6.07) is 9.23. The Bertz CT molecular complexity index is 1070. The third-order valence-electron chi connectivity index (χ3n) is 4.08. The number of carbonyl (C=O) groups is 1. The van der Waals surface area contributed by atoms with Gasteiger partial charge in [-0.05, 0) is 30.3 Å². The van der Waals surface area contributed by atoms with Crippen LogP contribution in [0.2, 0.25) is 10.0 Å². The molecule has 0 atom stereocenters. The molecule has 0 amide bonds. The van der Waals surface area contributed by atoms with Crippen molar-refractivity contribution in [3.05, 3.63) is 73.6 Å². The van der Waals surface area contributed by atoms with Crippen LogP contribution in [-0.2, 0) is 17.8 Å². The monoisotopic (exact) mass is 406 g/mol. The Morgan fingerprint density at radius 3 is 2.59 bits per heavy atom. The van der Waals surface area contributed by atoms with Gasteiger partial charge in [0.15, 0.2) is 5.43 Å². The van der Waals surface area contributed by atoms with Crippen molar-refractivity contribution in [2.45, 2.75) is 20.0 Å². The van der Waals surface area contributed by atoms with Gasteiger partial charge in [-0.2, -0.15) is 0 Å². The molecule has 0 saturated heterocycles. The van der Waals surface area contributed by atoms with Gasteiger partial charge in [-0.15, -0.1) is 0 Å². The molecule has 2 aromatic carbocycles. The molecule has 3 rings (SSSR count). The van der Waals surface area contributed by atoms with E-state index in [9.17, 15) is 9.59 Å². The number of aryl methyl sites for hydroxylation is 1. The van der Waals surface area contributed by atoms with Gasteiger partial charge < -0.3 is 13.9 Å². The number of rotatable bonds is 5. The molecule has 27 heavy (non-hydrogen) atoms. The van der Waals surface area contributed by atoms with Crippen LogP contribution in [0.25, 0.3) is 11.0 Å². The highest BCUT2D eigenvalue weighted by atomic mass is 35.5. The zero-order valence-electron chi connectivity index (χ0n) is 14.7. The first-order valence-corrected chi connectivity index (χ1v) is 8.95. The summed E-state index contributed by atoms with van der Waals surface area (Å²) in [7, 11) is 1.49. The van der Waals surface area contributed by atoms with E-state index in [-0.39, 0.29) is 22.6 Å². The summed E-state index contributed by atoms with van der Waals surface area (Å²) in [6.45, 7) is 1.74. The summed E-state index contributed by atoms with van der Waals surface area (Å²) in [6.07, 6.45) is 0.558. The second kappa shape index (κ2) is 8.03. The van der Waals surface area contributed by atoms with Gasteiger partial charge in [0.2, 0.25) is 0 Å². The molecule has 1 heterocycles. The van der Waals surface area contributed by atoms with E-state index in [2.05, 4.69) is 0 Å². The highest BCUT2D eigenvalue weighted by Gasteiger charge is 2.18.